The van der Waals surface area contributed by atoms with Gasteiger partial charge in [0, 0.05) is 59.8 Å². The van der Waals surface area contributed by atoms with Gasteiger partial charge in [-0.3, -0.25) is 9.36 Å². The topological polar surface area (TPSA) is 66.3 Å². The summed E-state index contributed by atoms with van der Waals surface area (Å²) in [7, 11) is 5.82. The van der Waals surface area contributed by atoms with E-state index in [1.807, 2.05) is 64.7 Å². The molecule has 10 heteroatoms. The normalized spacial score (nSPS) is 16.9. The molecule has 2 aromatic heterocycles. The Morgan fingerprint density at radius 1 is 1.22 bits per heavy atom. The molecule has 7 nitrogen and oxygen atoms in total. The van der Waals surface area contributed by atoms with Crippen LogP contribution < -0.4 is 15.8 Å². The molecule has 0 bridgehead atoms. The number of aromatic nitrogens is 3. The van der Waals surface area contributed by atoms with Gasteiger partial charge in [0.15, 0.2) is 5.65 Å². The van der Waals surface area contributed by atoms with Crippen LogP contribution >= 0.6 is 22.6 Å². The molecule has 2 aromatic rings. The molecular formula is C31H41F2IN6O. The maximum absolute atomic E-state index is 15.4. The fraction of sp³-hybridized carbons (Fsp3) is 0.452. The predicted octanol–water partition coefficient (Wildman–Crippen LogP) is 6.49. The van der Waals surface area contributed by atoms with E-state index in [0.29, 0.717) is 28.0 Å². The number of alkyl halides is 1. The van der Waals surface area contributed by atoms with E-state index >= 15 is 8.78 Å². The number of pyridine rings is 1. The van der Waals surface area contributed by atoms with Gasteiger partial charge in [-0.1, -0.05) is 41.7 Å². The van der Waals surface area contributed by atoms with Crippen LogP contribution in [0.2, 0.25) is 0 Å². The van der Waals surface area contributed by atoms with Gasteiger partial charge in [-0.25, -0.2) is 13.8 Å². The highest BCUT2D eigenvalue weighted by molar-refractivity contribution is 14.1. The largest absolute Gasteiger partial charge is 0.383 e. The summed E-state index contributed by atoms with van der Waals surface area (Å²) in [5.41, 5.74) is 3.37. The lowest BCUT2D eigenvalue weighted by atomic mass is 9.98. The van der Waals surface area contributed by atoms with Crippen molar-refractivity contribution in [3.05, 3.63) is 75.4 Å². The number of likely N-dealkylation sites (N-methyl/N-ethyl adjacent to an activating group) is 2. The van der Waals surface area contributed by atoms with Crippen LogP contribution in [0.1, 0.15) is 46.7 Å². The van der Waals surface area contributed by atoms with Crippen LogP contribution in [0.15, 0.2) is 64.2 Å². The van der Waals surface area contributed by atoms with E-state index < -0.39 is 17.2 Å². The van der Waals surface area contributed by atoms with Gasteiger partial charge < -0.3 is 15.1 Å². The molecule has 0 radical (unpaired) electrons. The molecular weight excluding hydrogens is 637 g/mol. The first-order valence-corrected chi connectivity index (χ1v) is 15.2. The molecule has 0 saturated heterocycles. The van der Waals surface area contributed by atoms with E-state index in [-0.39, 0.29) is 29.7 Å². The zero-order chi connectivity index (χ0) is 30.6. The number of allylic oxidation sites excluding steroid dienone is 8. The molecule has 0 amide bonds. The number of rotatable bonds is 11. The third kappa shape index (κ3) is 7.71. The number of hydrogen-bond acceptors (Lipinski definition) is 6. The number of nitrogens with one attached hydrogen (secondary N) is 1. The Bertz CT molecular complexity index is 1500. The number of nitrogens with zero attached hydrogens (tertiary/aromatic N) is 5. The Kier molecular flexibility index (Phi) is 11.0. The van der Waals surface area contributed by atoms with Crippen LogP contribution in [-0.2, 0) is 0 Å². The summed E-state index contributed by atoms with van der Waals surface area (Å²) in [6.45, 7) is 15.4. The van der Waals surface area contributed by atoms with Crippen LogP contribution in [0.25, 0.3) is 22.3 Å². The summed E-state index contributed by atoms with van der Waals surface area (Å²) < 4.78 is 32.5. The van der Waals surface area contributed by atoms with Crippen molar-refractivity contribution in [2.24, 2.45) is 5.92 Å². The van der Waals surface area contributed by atoms with Crippen molar-refractivity contribution < 1.29 is 8.78 Å². The maximum Gasteiger partial charge on any atom is 0.256 e. The molecule has 2 heterocycles. The molecule has 0 aliphatic heterocycles. The Labute approximate surface area is 255 Å². The quantitative estimate of drug-likeness (QED) is 0.167. The van der Waals surface area contributed by atoms with Gasteiger partial charge in [-0.05, 0) is 71.5 Å². The zero-order valence-electron chi connectivity index (χ0n) is 25.3. The highest BCUT2D eigenvalue weighted by Gasteiger charge is 2.26. The summed E-state index contributed by atoms with van der Waals surface area (Å²) in [6.07, 6.45) is 3.38. The van der Waals surface area contributed by atoms with Gasteiger partial charge >= 0.3 is 0 Å². The van der Waals surface area contributed by atoms with Gasteiger partial charge in [0.05, 0.1) is 5.69 Å². The van der Waals surface area contributed by atoms with Crippen molar-refractivity contribution in [3.8, 4) is 0 Å². The second-order valence-electron chi connectivity index (χ2n) is 11.2. The van der Waals surface area contributed by atoms with Crippen LogP contribution in [0.5, 0.6) is 0 Å². The van der Waals surface area contributed by atoms with Crippen molar-refractivity contribution in [1.82, 2.24) is 24.8 Å². The lowest BCUT2D eigenvalue weighted by molar-refractivity contribution is 0.415. The molecule has 0 aromatic carbocycles. The van der Waals surface area contributed by atoms with E-state index in [0.717, 1.165) is 33.5 Å². The molecule has 0 spiro atoms. The minimum absolute atomic E-state index is 0.00507. The summed E-state index contributed by atoms with van der Waals surface area (Å²) in [6, 6.07) is 3.17. The highest BCUT2D eigenvalue weighted by atomic mass is 127. The molecule has 0 saturated carbocycles. The molecule has 1 aliphatic carbocycles. The van der Waals surface area contributed by atoms with Gasteiger partial charge in [0.2, 0.25) is 5.95 Å². The molecule has 222 valence electrons. The van der Waals surface area contributed by atoms with Crippen LogP contribution in [0, 0.1) is 5.92 Å². The van der Waals surface area contributed by atoms with Crippen molar-refractivity contribution in [1.29, 1.82) is 0 Å². The lowest BCUT2D eigenvalue weighted by Crippen LogP contribution is -2.30. The molecule has 1 N–H and O–H groups in total. The first-order chi connectivity index (χ1) is 19.2. The molecule has 1 aliphatic rings. The van der Waals surface area contributed by atoms with Gasteiger partial charge in [-0.2, -0.15) is 4.98 Å². The maximum atomic E-state index is 15.4. The Morgan fingerprint density at radius 3 is 2.49 bits per heavy atom. The summed E-state index contributed by atoms with van der Waals surface area (Å²) in [5, 5.41) is 3.87. The van der Waals surface area contributed by atoms with Crippen LogP contribution in [0.4, 0.5) is 14.7 Å². The SMILES string of the molecule is C=C(NC(C)C)/C(C)=C/C(=C(\C)CI)c1nc(N(C)CCN(C)C)nc2c1ccc(=O)n2C1=C(F)CC(C)C=C1F. The first kappa shape index (κ1) is 32.7. The second-order valence-corrected chi connectivity index (χ2v) is 12.0. The molecule has 41 heavy (non-hydrogen) atoms. The standard InChI is InChI=1S/C31H41F2IN6O/c1-18(2)35-22(6)20(4)16-24(21(5)17-34)28-23-10-11-27(41)40(29-25(32)14-19(3)15-26(29)33)30(23)37-31(36-28)39(9)13-12-38(7)8/h10-11,14,16,18-19,35H,6,12-13,15,17H2,1-5,7-9H3/b20-16+,24-21-. The third-order valence-corrected chi connectivity index (χ3v) is 7.96. The van der Waals surface area contributed by atoms with Gasteiger partial charge in [0.1, 0.15) is 17.4 Å². The number of fused-ring (bicyclic) bond motifs is 1. The van der Waals surface area contributed by atoms with Crippen LogP contribution in [0.3, 0.4) is 0 Å². The highest BCUT2D eigenvalue weighted by Crippen LogP contribution is 2.36. The summed E-state index contributed by atoms with van der Waals surface area (Å²) in [5.74, 6) is -1.42. The summed E-state index contributed by atoms with van der Waals surface area (Å²) in [4.78, 5) is 27.0. The second kappa shape index (κ2) is 13.9. The minimum Gasteiger partial charge on any atom is -0.383 e. The van der Waals surface area contributed by atoms with Crippen LogP contribution in [-0.4, -0.2) is 64.1 Å². The minimum atomic E-state index is -0.774. The van der Waals surface area contributed by atoms with Crippen molar-refractivity contribution in [2.75, 3.05) is 43.6 Å². The average molecular weight is 679 g/mol. The number of anilines is 1. The molecule has 1 unspecified atom stereocenters. The molecule has 3 rings (SSSR count). The Balaban J connectivity index is 2.42. The predicted molar refractivity (Wildman–Crippen MR) is 176 cm³/mol. The molecule has 1 atom stereocenters. The number of halogens is 3. The van der Waals surface area contributed by atoms with E-state index in [9.17, 15) is 4.79 Å². The van der Waals surface area contributed by atoms with Crippen molar-refractivity contribution in [3.63, 3.8) is 0 Å². The third-order valence-electron chi connectivity index (χ3n) is 6.82. The molecule has 0 fully saturated rings. The lowest BCUT2D eigenvalue weighted by Gasteiger charge is -2.23. The Morgan fingerprint density at radius 2 is 1.90 bits per heavy atom. The first-order valence-electron chi connectivity index (χ1n) is 13.7. The average Bonchev–Trinajstić information content (AvgIpc) is 2.89. The van der Waals surface area contributed by atoms with E-state index in [4.69, 9.17) is 9.97 Å². The number of hydrogen-bond donors (Lipinski definition) is 1. The fourth-order valence-electron chi connectivity index (χ4n) is 4.50. The van der Waals surface area contributed by atoms with E-state index in [2.05, 4.69) is 34.5 Å². The zero-order valence-corrected chi connectivity index (χ0v) is 27.4. The van der Waals surface area contributed by atoms with E-state index in [1.54, 1.807) is 13.0 Å². The van der Waals surface area contributed by atoms with Gasteiger partial charge in [0.25, 0.3) is 5.56 Å². The fourth-order valence-corrected chi connectivity index (χ4v) is 4.91. The van der Waals surface area contributed by atoms with Gasteiger partial charge in [-0.15, -0.1) is 0 Å². The summed E-state index contributed by atoms with van der Waals surface area (Å²) >= 11 is 2.31. The van der Waals surface area contributed by atoms with E-state index in [1.165, 1.54) is 12.1 Å². The van der Waals surface area contributed by atoms with Crippen molar-refractivity contribution in [2.45, 2.75) is 47.1 Å². The smallest absolute Gasteiger partial charge is 0.256 e. The van der Waals surface area contributed by atoms with Crippen molar-refractivity contribution >= 4 is 50.8 Å². The monoisotopic (exact) mass is 678 g/mol. The Hall–Kier alpha value is -2.86.